The van der Waals surface area contributed by atoms with Crippen molar-refractivity contribution >= 4 is 34.5 Å². The van der Waals surface area contributed by atoms with Crippen LogP contribution in [-0.4, -0.2) is 98.1 Å². The molecule has 0 radical (unpaired) electrons. The highest BCUT2D eigenvalue weighted by atomic mass is 16.2. The number of hydrogen-bond donors (Lipinski definition) is 1. The Kier molecular flexibility index (Phi) is 7.86. The van der Waals surface area contributed by atoms with Crippen LogP contribution in [0, 0.1) is 11.3 Å². The van der Waals surface area contributed by atoms with E-state index in [2.05, 4.69) is 53.9 Å². The number of piperazine rings is 1. The molecule has 2 fully saturated rings. The molecular formula is C33H34N12O. The number of imidazole rings is 1. The summed E-state index contributed by atoms with van der Waals surface area (Å²) in [4.78, 5) is 43.6. The molecule has 0 atom stereocenters. The predicted molar refractivity (Wildman–Crippen MR) is 175 cm³/mol. The monoisotopic (exact) mass is 614 g/mol. The smallest absolute Gasteiger partial charge is 0.234 e. The molecule has 2 saturated heterocycles. The normalized spacial score (nSPS) is 16.1. The van der Waals surface area contributed by atoms with Crippen LogP contribution < -0.4 is 15.5 Å². The lowest BCUT2D eigenvalue weighted by Gasteiger charge is -2.35. The first kappa shape index (κ1) is 29.1. The van der Waals surface area contributed by atoms with Crippen molar-refractivity contribution in [2.75, 3.05) is 68.4 Å². The third-order valence-electron chi connectivity index (χ3n) is 8.66. The fourth-order valence-corrected chi connectivity index (χ4v) is 6.04. The summed E-state index contributed by atoms with van der Waals surface area (Å²) in [6, 6.07) is 20.1. The van der Waals surface area contributed by atoms with Crippen molar-refractivity contribution in [2.45, 2.75) is 13.0 Å². The van der Waals surface area contributed by atoms with Crippen LogP contribution in [0.5, 0.6) is 0 Å². The number of carbonyl (C=O) groups is 1. The molecule has 0 bridgehead atoms. The first-order valence-electron chi connectivity index (χ1n) is 15.4. The van der Waals surface area contributed by atoms with Crippen molar-refractivity contribution in [3.05, 3.63) is 78.4 Å². The summed E-state index contributed by atoms with van der Waals surface area (Å²) in [5.74, 6) is 3.01. The number of anilines is 3. The van der Waals surface area contributed by atoms with Gasteiger partial charge in [0.2, 0.25) is 11.7 Å². The molecule has 4 aromatic heterocycles. The molecule has 6 heterocycles. The van der Waals surface area contributed by atoms with Gasteiger partial charge in [0.15, 0.2) is 11.5 Å². The van der Waals surface area contributed by atoms with E-state index in [4.69, 9.17) is 21.0 Å². The van der Waals surface area contributed by atoms with Gasteiger partial charge in [-0.05, 0) is 48.0 Å². The SMILES string of the molecule is CN1CCN(c2ccc3nc(-c4cccnc4N)n(-c4ccc(CN5CCN(c6ccnc(C#N)n6)CC5)cc4)c3n2)CCC1=O. The van der Waals surface area contributed by atoms with E-state index < -0.39 is 0 Å². The summed E-state index contributed by atoms with van der Waals surface area (Å²) >= 11 is 0. The van der Waals surface area contributed by atoms with E-state index in [0.717, 1.165) is 61.1 Å². The second-order valence-electron chi connectivity index (χ2n) is 11.6. The Morgan fingerprint density at radius 3 is 2.37 bits per heavy atom. The minimum atomic E-state index is 0.143. The third-order valence-corrected chi connectivity index (χ3v) is 8.66. The zero-order valence-corrected chi connectivity index (χ0v) is 25.6. The Balaban J connectivity index is 1.15. The van der Waals surface area contributed by atoms with Gasteiger partial charge >= 0.3 is 0 Å². The first-order valence-corrected chi connectivity index (χ1v) is 15.4. The van der Waals surface area contributed by atoms with Crippen LogP contribution in [0.1, 0.15) is 17.8 Å². The summed E-state index contributed by atoms with van der Waals surface area (Å²) in [7, 11) is 1.85. The Bertz CT molecular complexity index is 1920. The Hall–Kier alpha value is -5.61. The minimum Gasteiger partial charge on any atom is -0.383 e. The highest BCUT2D eigenvalue weighted by molar-refractivity contribution is 5.84. The summed E-state index contributed by atoms with van der Waals surface area (Å²) in [6.45, 7) is 6.21. The number of rotatable bonds is 6. The van der Waals surface area contributed by atoms with Crippen LogP contribution in [0.3, 0.4) is 0 Å². The number of aromatic nitrogens is 6. The van der Waals surface area contributed by atoms with Crippen molar-refractivity contribution in [1.82, 2.24) is 39.3 Å². The van der Waals surface area contributed by atoms with Crippen molar-refractivity contribution in [3.63, 3.8) is 0 Å². The molecule has 13 heteroatoms. The maximum atomic E-state index is 12.3. The van der Waals surface area contributed by atoms with Gasteiger partial charge in [-0.3, -0.25) is 14.3 Å². The van der Waals surface area contributed by atoms with E-state index in [-0.39, 0.29) is 11.7 Å². The van der Waals surface area contributed by atoms with E-state index in [1.165, 1.54) is 5.56 Å². The van der Waals surface area contributed by atoms with E-state index in [0.29, 0.717) is 43.3 Å². The number of benzene rings is 1. The number of nitrogens with zero attached hydrogens (tertiary/aromatic N) is 11. The first-order chi connectivity index (χ1) is 22.5. The van der Waals surface area contributed by atoms with Crippen LogP contribution in [0.4, 0.5) is 17.5 Å². The van der Waals surface area contributed by atoms with Gasteiger partial charge < -0.3 is 20.4 Å². The molecule has 7 rings (SSSR count). The number of likely N-dealkylation sites (N-methyl/N-ethyl adjacent to an activating group) is 1. The Morgan fingerprint density at radius 2 is 1.59 bits per heavy atom. The van der Waals surface area contributed by atoms with Gasteiger partial charge in [-0.1, -0.05) is 12.1 Å². The van der Waals surface area contributed by atoms with Gasteiger partial charge in [-0.25, -0.2) is 24.9 Å². The second kappa shape index (κ2) is 12.4. The molecule has 5 aromatic rings. The molecule has 0 unspecified atom stereocenters. The van der Waals surface area contributed by atoms with Crippen molar-refractivity contribution < 1.29 is 4.79 Å². The van der Waals surface area contributed by atoms with Crippen molar-refractivity contribution in [3.8, 4) is 23.1 Å². The summed E-state index contributed by atoms with van der Waals surface area (Å²) < 4.78 is 2.04. The predicted octanol–water partition coefficient (Wildman–Crippen LogP) is 2.72. The lowest BCUT2D eigenvalue weighted by molar-refractivity contribution is -0.129. The number of nitrogens with two attached hydrogens (primary N) is 1. The number of carbonyl (C=O) groups excluding carboxylic acids is 1. The number of amides is 1. The maximum absolute atomic E-state index is 12.3. The zero-order valence-electron chi connectivity index (χ0n) is 25.6. The third kappa shape index (κ3) is 5.78. The number of pyridine rings is 2. The van der Waals surface area contributed by atoms with Crippen LogP contribution in [0.15, 0.2) is 67.0 Å². The summed E-state index contributed by atoms with van der Waals surface area (Å²) in [6.07, 6.45) is 3.76. The molecule has 2 N–H and O–H groups in total. The van der Waals surface area contributed by atoms with Gasteiger partial charge in [0.25, 0.3) is 0 Å². The van der Waals surface area contributed by atoms with E-state index in [1.54, 1.807) is 17.3 Å². The second-order valence-corrected chi connectivity index (χ2v) is 11.6. The lowest BCUT2D eigenvalue weighted by atomic mass is 10.1. The van der Waals surface area contributed by atoms with Crippen molar-refractivity contribution in [2.24, 2.45) is 0 Å². The zero-order chi connectivity index (χ0) is 31.6. The molecule has 1 aromatic carbocycles. The number of nitriles is 1. The fourth-order valence-electron chi connectivity index (χ4n) is 6.04. The quantitative estimate of drug-likeness (QED) is 0.301. The number of nitrogen functional groups attached to an aromatic ring is 1. The molecule has 0 aliphatic carbocycles. The molecule has 1 amide bonds. The van der Waals surface area contributed by atoms with E-state index >= 15 is 0 Å². The number of hydrogen-bond acceptors (Lipinski definition) is 11. The van der Waals surface area contributed by atoms with Gasteiger partial charge in [0.05, 0.1) is 5.56 Å². The molecule has 0 saturated carbocycles. The van der Waals surface area contributed by atoms with E-state index in [1.807, 2.05) is 48.0 Å². The molecular weight excluding hydrogens is 580 g/mol. The van der Waals surface area contributed by atoms with Gasteiger partial charge in [-0.15, -0.1) is 0 Å². The molecule has 232 valence electrons. The van der Waals surface area contributed by atoms with Gasteiger partial charge in [0.1, 0.15) is 29.0 Å². The van der Waals surface area contributed by atoms with Crippen LogP contribution in [0.2, 0.25) is 0 Å². The summed E-state index contributed by atoms with van der Waals surface area (Å²) in [5, 5.41) is 9.14. The maximum Gasteiger partial charge on any atom is 0.234 e. The highest BCUT2D eigenvalue weighted by Crippen LogP contribution is 2.32. The average molecular weight is 615 g/mol. The van der Waals surface area contributed by atoms with Gasteiger partial charge in [-0.2, -0.15) is 5.26 Å². The van der Waals surface area contributed by atoms with E-state index in [9.17, 15) is 4.79 Å². The molecule has 46 heavy (non-hydrogen) atoms. The van der Waals surface area contributed by atoms with Crippen LogP contribution in [0.25, 0.3) is 28.2 Å². The van der Waals surface area contributed by atoms with Crippen LogP contribution in [-0.2, 0) is 11.3 Å². The topological polar surface area (TPSA) is 149 Å². The molecule has 2 aliphatic rings. The summed E-state index contributed by atoms with van der Waals surface area (Å²) in [5.41, 5.74) is 10.7. The fraction of sp³-hybridized carbons (Fsp3) is 0.303. The number of fused-ring (bicyclic) bond motifs is 1. The highest BCUT2D eigenvalue weighted by Gasteiger charge is 2.23. The minimum absolute atomic E-state index is 0.143. The largest absolute Gasteiger partial charge is 0.383 e. The lowest BCUT2D eigenvalue weighted by Crippen LogP contribution is -2.46. The molecule has 13 nitrogen and oxygen atoms in total. The van der Waals surface area contributed by atoms with Gasteiger partial charge in [0, 0.05) is 83.9 Å². The molecule has 0 spiro atoms. The Labute approximate surface area is 266 Å². The van der Waals surface area contributed by atoms with Crippen molar-refractivity contribution in [1.29, 1.82) is 5.26 Å². The Morgan fingerprint density at radius 1 is 0.826 bits per heavy atom. The molecule has 2 aliphatic heterocycles. The average Bonchev–Trinajstić information content (AvgIpc) is 3.38. The standard InChI is InChI=1S/C33H34N12O/c1-41-15-18-43(14-11-30(41)46)28-9-8-26-33(40-28)45(32(38-26)25-3-2-12-37-31(25)35)24-6-4-23(5-7-24)22-42-16-19-44(20-17-42)29-10-13-36-27(21-34)39-29/h2-10,12-13H,11,14-20,22H2,1H3,(H2,35,37). The van der Waals surface area contributed by atoms with Crippen LogP contribution >= 0.6 is 0 Å².